The molecule has 0 fully saturated rings. The Labute approximate surface area is 96.6 Å². The van der Waals surface area contributed by atoms with E-state index in [1.54, 1.807) is 6.07 Å². The lowest BCUT2D eigenvalue weighted by atomic mass is 10.0. The van der Waals surface area contributed by atoms with Gasteiger partial charge in [0.25, 0.3) is 0 Å². The summed E-state index contributed by atoms with van der Waals surface area (Å²) in [7, 11) is 0. The Morgan fingerprint density at radius 2 is 2.24 bits per heavy atom. The van der Waals surface area contributed by atoms with E-state index in [1.165, 1.54) is 13.0 Å². The molecule has 6 heteroatoms. The van der Waals surface area contributed by atoms with E-state index in [-0.39, 0.29) is 17.9 Å². The Hall–Kier alpha value is -2.16. The van der Waals surface area contributed by atoms with Crippen molar-refractivity contribution in [3.63, 3.8) is 0 Å². The lowest BCUT2D eigenvalue weighted by molar-refractivity contribution is -0.173. The summed E-state index contributed by atoms with van der Waals surface area (Å²) in [5, 5.41) is 8.61. The van der Waals surface area contributed by atoms with E-state index in [0.717, 1.165) is 12.1 Å². The fourth-order valence-corrected chi connectivity index (χ4v) is 1.23. The number of nitrogens with zero attached hydrogens (tertiary/aromatic N) is 1. The number of ether oxygens (including phenoxy) is 1. The number of benzene rings is 1. The molecule has 0 unspecified atom stereocenters. The highest BCUT2D eigenvalue weighted by Crippen LogP contribution is 2.34. The summed E-state index contributed by atoms with van der Waals surface area (Å²) < 4.78 is 31.6. The maximum Gasteiger partial charge on any atom is 0.382 e. The summed E-state index contributed by atoms with van der Waals surface area (Å²) in [6.45, 7) is 1.26. The molecule has 1 aromatic carbocycles. The van der Waals surface area contributed by atoms with Crippen molar-refractivity contribution < 1.29 is 18.3 Å². The van der Waals surface area contributed by atoms with Crippen LogP contribution >= 0.6 is 0 Å². The van der Waals surface area contributed by atoms with Gasteiger partial charge in [0, 0.05) is 5.69 Å². The van der Waals surface area contributed by atoms with Crippen molar-refractivity contribution >= 4 is 11.7 Å². The van der Waals surface area contributed by atoms with Crippen molar-refractivity contribution in [3.05, 3.63) is 29.3 Å². The highest BCUT2D eigenvalue weighted by Gasteiger charge is 2.44. The van der Waals surface area contributed by atoms with E-state index in [2.05, 4.69) is 4.74 Å². The summed E-state index contributed by atoms with van der Waals surface area (Å²) in [5.74, 6) is -5.53. The normalized spacial score (nSPS) is 10.7. The molecule has 1 rings (SSSR count). The molecule has 0 saturated heterocycles. The number of nitriles is 1. The van der Waals surface area contributed by atoms with Gasteiger partial charge in [-0.15, -0.1) is 0 Å². The summed E-state index contributed by atoms with van der Waals surface area (Å²) in [6.07, 6.45) is 0. The quantitative estimate of drug-likeness (QED) is 0.645. The third kappa shape index (κ3) is 2.50. The molecule has 0 amide bonds. The van der Waals surface area contributed by atoms with Crippen molar-refractivity contribution in [2.24, 2.45) is 0 Å². The average molecular weight is 240 g/mol. The van der Waals surface area contributed by atoms with E-state index in [4.69, 9.17) is 11.0 Å². The standard InChI is InChI=1S/C11H10F2N2O2/c1-2-17-10(16)11(12,13)8-5-7(6-14)3-4-9(8)15/h3-5H,2,15H2,1H3. The lowest BCUT2D eigenvalue weighted by Gasteiger charge is -2.16. The second kappa shape index (κ2) is 4.78. The van der Waals surface area contributed by atoms with Crippen LogP contribution in [0.25, 0.3) is 0 Å². The molecule has 2 N–H and O–H groups in total. The summed E-state index contributed by atoms with van der Waals surface area (Å²) in [4.78, 5) is 11.1. The van der Waals surface area contributed by atoms with Crippen LogP contribution in [-0.2, 0) is 15.5 Å². The van der Waals surface area contributed by atoms with E-state index >= 15 is 0 Å². The summed E-state index contributed by atoms with van der Waals surface area (Å²) in [5.41, 5.74) is 4.39. The lowest BCUT2D eigenvalue weighted by Crippen LogP contribution is -2.29. The minimum Gasteiger partial charge on any atom is -0.461 e. The van der Waals surface area contributed by atoms with Crippen LogP contribution in [0.3, 0.4) is 0 Å². The molecule has 0 bridgehead atoms. The molecule has 0 spiro atoms. The molecule has 0 radical (unpaired) electrons. The number of carbonyl (C=O) groups excluding carboxylic acids is 1. The second-order valence-electron chi connectivity index (χ2n) is 3.21. The van der Waals surface area contributed by atoms with Gasteiger partial charge in [-0.1, -0.05) is 0 Å². The van der Waals surface area contributed by atoms with Crippen LogP contribution in [0.4, 0.5) is 14.5 Å². The van der Waals surface area contributed by atoms with Gasteiger partial charge < -0.3 is 10.5 Å². The SMILES string of the molecule is CCOC(=O)C(F)(F)c1cc(C#N)ccc1N. The molecule has 17 heavy (non-hydrogen) atoms. The van der Waals surface area contributed by atoms with E-state index in [0.29, 0.717) is 0 Å². The Balaban J connectivity index is 3.22. The van der Waals surface area contributed by atoms with Crippen molar-refractivity contribution in [1.82, 2.24) is 0 Å². The first-order valence-electron chi connectivity index (χ1n) is 4.78. The maximum atomic E-state index is 13.6. The molecular weight excluding hydrogens is 230 g/mol. The highest BCUT2D eigenvalue weighted by molar-refractivity contribution is 5.81. The van der Waals surface area contributed by atoms with Crippen LogP contribution in [0.5, 0.6) is 0 Å². The Bertz CT molecular complexity index is 481. The van der Waals surface area contributed by atoms with Gasteiger partial charge in [0.1, 0.15) is 0 Å². The third-order valence-corrected chi connectivity index (χ3v) is 2.05. The zero-order valence-corrected chi connectivity index (χ0v) is 9.04. The predicted molar refractivity (Wildman–Crippen MR) is 56.1 cm³/mol. The number of hydrogen-bond donors (Lipinski definition) is 1. The molecule has 0 atom stereocenters. The molecule has 1 aromatic rings. The third-order valence-electron chi connectivity index (χ3n) is 2.05. The van der Waals surface area contributed by atoms with Gasteiger partial charge in [-0.3, -0.25) is 0 Å². The van der Waals surface area contributed by atoms with Crippen LogP contribution in [0.15, 0.2) is 18.2 Å². The first-order valence-corrected chi connectivity index (χ1v) is 4.78. The Kier molecular flexibility index (Phi) is 3.63. The largest absolute Gasteiger partial charge is 0.461 e. The van der Waals surface area contributed by atoms with Gasteiger partial charge in [0.2, 0.25) is 0 Å². The van der Waals surface area contributed by atoms with Crippen molar-refractivity contribution in [1.29, 1.82) is 5.26 Å². The van der Waals surface area contributed by atoms with Crippen LogP contribution in [0, 0.1) is 11.3 Å². The summed E-state index contributed by atoms with van der Waals surface area (Å²) in [6, 6.07) is 5.02. The monoisotopic (exact) mass is 240 g/mol. The number of alkyl halides is 2. The van der Waals surface area contributed by atoms with Gasteiger partial charge in [-0.2, -0.15) is 14.0 Å². The molecule has 0 saturated carbocycles. The number of rotatable bonds is 3. The van der Waals surface area contributed by atoms with Crippen molar-refractivity contribution in [3.8, 4) is 6.07 Å². The molecular formula is C11H10F2N2O2. The van der Waals surface area contributed by atoms with Gasteiger partial charge in [0.15, 0.2) is 0 Å². The number of esters is 1. The van der Waals surface area contributed by atoms with Gasteiger partial charge in [0.05, 0.1) is 23.8 Å². The van der Waals surface area contributed by atoms with Gasteiger partial charge in [-0.25, -0.2) is 4.79 Å². The zero-order chi connectivity index (χ0) is 13.1. The first-order chi connectivity index (χ1) is 7.93. The number of anilines is 1. The zero-order valence-electron chi connectivity index (χ0n) is 9.04. The van der Waals surface area contributed by atoms with Crippen LogP contribution in [0.2, 0.25) is 0 Å². The average Bonchev–Trinajstić information content (AvgIpc) is 2.29. The van der Waals surface area contributed by atoms with Gasteiger partial charge >= 0.3 is 11.9 Å². The van der Waals surface area contributed by atoms with Crippen molar-refractivity contribution in [2.75, 3.05) is 12.3 Å². The Morgan fingerprint density at radius 1 is 1.59 bits per heavy atom. The number of nitrogen functional groups attached to an aromatic ring is 1. The van der Waals surface area contributed by atoms with Crippen LogP contribution in [0.1, 0.15) is 18.1 Å². The minimum absolute atomic E-state index is 0.00169. The number of nitrogens with two attached hydrogens (primary N) is 1. The van der Waals surface area contributed by atoms with Crippen molar-refractivity contribution in [2.45, 2.75) is 12.8 Å². The maximum absolute atomic E-state index is 13.6. The molecule has 90 valence electrons. The van der Waals surface area contributed by atoms with Gasteiger partial charge in [-0.05, 0) is 25.1 Å². The smallest absolute Gasteiger partial charge is 0.382 e. The molecule has 4 nitrogen and oxygen atoms in total. The molecule has 0 aliphatic carbocycles. The predicted octanol–water partition coefficient (Wildman–Crippen LogP) is 1.80. The first kappa shape index (κ1) is 12.9. The van der Waals surface area contributed by atoms with Crippen LogP contribution < -0.4 is 5.73 Å². The Morgan fingerprint density at radius 3 is 2.76 bits per heavy atom. The second-order valence-corrected chi connectivity index (χ2v) is 3.21. The van der Waals surface area contributed by atoms with E-state index < -0.39 is 17.5 Å². The molecule has 0 aromatic heterocycles. The molecule has 0 aliphatic rings. The fraction of sp³-hybridized carbons (Fsp3) is 0.273. The number of halogens is 2. The fourth-order valence-electron chi connectivity index (χ4n) is 1.23. The minimum atomic E-state index is -3.85. The molecule has 0 heterocycles. The topological polar surface area (TPSA) is 76.1 Å². The number of hydrogen-bond acceptors (Lipinski definition) is 4. The number of carbonyl (C=O) groups is 1. The van der Waals surface area contributed by atoms with Crippen LogP contribution in [-0.4, -0.2) is 12.6 Å². The highest BCUT2D eigenvalue weighted by atomic mass is 19.3. The summed E-state index contributed by atoms with van der Waals surface area (Å²) >= 11 is 0. The van der Waals surface area contributed by atoms with E-state index in [9.17, 15) is 13.6 Å². The van der Waals surface area contributed by atoms with E-state index in [1.807, 2.05) is 0 Å². The molecule has 0 aliphatic heterocycles.